The van der Waals surface area contributed by atoms with E-state index in [9.17, 15) is 9.59 Å². The lowest BCUT2D eigenvalue weighted by molar-refractivity contribution is -0.122. The Morgan fingerprint density at radius 3 is 2.57 bits per heavy atom. The molecule has 0 radical (unpaired) electrons. The van der Waals surface area contributed by atoms with Crippen molar-refractivity contribution in [3.05, 3.63) is 90.3 Å². The van der Waals surface area contributed by atoms with Crippen molar-refractivity contribution >= 4 is 17.5 Å². The number of para-hydroxylation sites is 2. The van der Waals surface area contributed by atoms with Crippen molar-refractivity contribution in [3.8, 4) is 5.75 Å². The van der Waals surface area contributed by atoms with Gasteiger partial charge in [-0.15, -0.1) is 0 Å². The first kappa shape index (κ1) is 18.4. The Hall–Kier alpha value is -3.67. The van der Waals surface area contributed by atoms with E-state index < -0.39 is 6.04 Å². The van der Waals surface area contributed by atoms with Crippen LogP contribution in [-0.2, 0) is 11.3 Å². The summed E-state index contributed by atoms with van der Waals surface area (Å²) in [5.41, 5.74) is 2.08. The van der Waals surface area contributed by atoms with Gasteiger partial charge in [0.15, 0.2) is 0 Å². The van der Waals surface area contributed by atoms with Gasteiger partial charge in [0.1, 0.15) is 23.6 Å². The van der Waals surface area contributed by atoms with Crippen LogP contribution in [0.15, 0.2) is 79.0 Å². The molecule has 1 saturated heterocycles. The highest BCUT2D eigenvalue weighted by molar-refractivity contribution is 6.03. The number of fused-ring (bicyclic) bond motifs is 3. The Morgan fingerprint density at radius 1 is 1.00 bits per heavy atom. The Labute approximate surface area is 174 Å². The number of anilines is 1. The SMILES string of the molecule is O=C1C2CC(CN2C(=O)c2ccccn2)Oc2ccccc2N1Cc1ccccc1. The molecule has 0 spiro atoms. The second kappa shape index (κ2) is 7.63. The molecule has 2 aliphatic rings. The zero-order valence-electron chi connectivity index (χ0n) is 16.3. The third kappa shape index (κ3) is 3.30. The zero-order valence-corrected chi connectivity index (χ0v) is 16.3. The number of rotatable bonds is 3. The van der Waals surface area contributed by atoms with Gasteiger partial charge in [-0.2, -0.15) is 0 Å². The van der Waals surface area contributed by atoms with Gasteiger partial charge in [-0.1, -0.05) is 48.5 Å². The molecule has 1 fully saturated rings. The molecular weight excluding hydrogens is 378 g/mol. The molecule has 0 aliphatic carbocycles. The molecule has 2 unspecified atom stereocenters. The van der Waals surface area contributed by atoms with Gasteiger partial charge in [-0.05, 0) is 29.8 Å². The van der Waals surface area contributed by atoms with Crippen LogP contribution in [-0.4, -0.2) is 40.4 Å². The summed E-state index contributed by atoms with van der Waals surface area (Å²) >= 11 is 0. The normalized spacial score (nSPS) is 20.2. The van der Waals surface area contributed by atoms with Gasteiger partial charge in [0, 0.05) is 12.6 Å². The number of amides is 2. The maximum Gasteiger partial charge on any atom is 0.273 e. The third-order valence-electron chi connectivity index (χ3n) is 5.59. The lowest BCUT2D eigenvalue weighted by Crippen LogP contribution is -2.48. The highest BCUT2D eigenvalue weighted by Gasteiger charge is 2.45. The molecule has 3 heterocycles. The number of benzene rings is 2. The molecule has 30 heavy (non-hydrogen) atoms. The second-order valence-corrected chi connectivity index (χ2v) is 7.54. The first-order chi connectivity index (χ1) is 14.7. The van der Waals surface area contributed by atoms with Crippen LogP contribution in [0.3, 0.4) is 0 Å². The molecule has 2 atom stereocenters. The predicted octanol–water partition coefficient (Wildman–Crippen LogP) is 3.29. The molecule has 2 amide bonds. The lowest BCUT2D eigenvalue weighted by Gasteiger charge is -2.31. The molecule has 0 saturated carbocycles. The fourth-order valence-corrected chi connectivity index (χ4v) is 4.16. The summed E-state index contributed by atoms with van der Waals surface area (Å²) in [4.78, 5) is 34.4. The fourth-order valence-electron chi connectivity index (χ4n) is 4.16. The number of hydrogen-bond donors (Lipinski definition) is 0. The van der Waals surface area contributed by atoms with Crippen LogP contribution < -0.4 is 9.64 Å². The Morgan fingerprint density at radius 2 is 1.77 bits per heavy atom. The van der Waals surface area contributed by atoms with Crippen LogP contribution in [0.1, 0.15) is 22.5 Å². The van der Waals surface area contributed by atoms with Crippen molar-refractivity contribution in [2.24, 2.45) is 0 Å². The summed E-state index contributed by atoms with van der Waals surface area (Å²) in [6, 6.07) is 22.0. The van der Waals surface area contributed by atoms with Gasteiger partial charge in [0.2, 0.25) is 5.91 Å². The first-order valence-corrected chi connectivity index (χ1v) is 10.0. The van der Waals surface area contributed by atoms with Crippen LogP contribution in [0.2, 0.25) is 0 Å². The minimum atomic E-state index is -0.582. The van der Waals surface area contributed by atoms with Crippen LogP contribution in [0.25, 0.3) is 0 Å². The summed E-state index contributed by atoms with van der Waals surface area (Å²) in [5.74, 6) is 0.324. The number of pyridine rings is 1. The van der Waals surface area contributed by atoms with Crippen molar-refractivity contribution in [3.63, 3.8) is 0 Å². The van der Waals surface area contributed by atoms with Gasteiger partial charge in [-0.25, -0.2) is 0 Å². The van der Waals surface area contributed by atoms with Gasteiger partial charge in [0.05, 0.1) is 18.8 Å². The van der Waals surface area contributed by atoms with E-state index >= 15 is 0 Å². The summed E-state index contributed by atoms with van der Waals surface area (Å²) in [7, 11) is 0. The van der Waals surface area contributed by atoms with Gasteiger partial charge >= 0.3 is 0 Å². The third-order valence-corrected chi connectivity index (χ3v) is 5.59. The zero-order chi connectivity index (χ0) is 20.5. The molecule has 6 nitrogen and oxygen atoms in total. The van der Waals surface area contributed by atoms with Gasteiger partial charge in [-0.3, -0.25) is 14.6 Å². The number of hydrogen-bond acceptors (Lipinski definition) is 4. The van der Waals surface area contributed by atoms with Crippen LogP contribution >= 0.6 is 0 Å². The fraction of sp³-hybridized carbons (Fsp3) is 0.208. The summed E-state index contributed by atoms with van der Waals surface area (Å²) in [6.45, 7) is 0.770. The maximum absolute atomic E-state index is 13.7. The van der Waals surface area contributed by atoms with E-state index in [4.69, 9.17) is 4.74 Å². The van der Waals surface area contributed by atoms with Crippen molar-refractivity contribution in [1.29, 1.82) is 0 Å². The van der Waals surface area contributed by atoms with E-state index in [2.05, 4.69) is 4.98 Å². The van der Waals surface area contributed by atoms with E-state index in [0.29, 0.717) is 31.0 Å². The minimum Gasteiger partial charge on any atom is -0.486 e. The predicted molar refractivity (Wildman–Crippen MR) is 112 cm³/mol. The number of likely N-dealkylation sites (tertiary alicyclic amines) is 1. The standard InChI is InChI=1S/C24H21N3O3/c28-23(19-10-6-7-13-25-19)27-16-18-14-21(27)24(29)26(15-17-8-2-1-3-9-17)20-11-4-5-12-22(20)30-18/h1-13,18,21H,14-16H2. The van der Waals surface area contributed by atoms with E-state index in [0.717, 1.165) is 11.3 Å². The smallest absolute Gasteiger partial charge is 0.273 e. The second-order valence-electron chi connectivity index (χ2n) is 7.54. The minimum absolute atomic E-state index is 0.0959. The molecule has 6 heteroatoms. The van der Waals surface area contributed by atoms with E-state index in [1.165, 1.54) is 0 Å². The average molecular weight is 399 g/mol. The number of carbonyl (C=O) groups excluding carboxylic acids is 2. The van der Waals surface area contributed by atoms with Crippen molar-refractivity contribution in [2.75, 3.05) is 11.4 Å². The van der Waals surface area contributed by atoms with Crippen molar-refractivity contribution < 1.29 is 14.3 Å². The number of carbonyl (C=O) groups is 2. The number of nitrogens with zero attached hydrogens (tertiary/aromatic N) is 3. The van der Waals surface area contributed by atoms with Crippen molar-refractivity contribution in [2.45, 2.75) is 25.1 Å². The quantitative estimate of drug-likeness (QED) is 0.678. The number of aromatic nitrogens is 1. The summed E-state index contributed by atoms with van der Waals surface area (Å²) in [6.07, 6.45) is 1.83. The topological polar surface area (TPSA) is 62.7 Å². The summed E-state index contributed by atoms with van der Waals surface area (Å²) < 4.78 is 6.25. The van der Waals surface area contributed by atoms with Crippen LogP contribution in [0.4, 0.5) is 5.69 Å². The molecule has 1 aromatic heterocycles. The molecule has 3 aromatic rings. The van der Waals surface area contributed by atoms with Crippen molar-refractivity contribution in [1.82, 2.24) is 9.88 Å². The molecule has 2 bridgehead atoms. The van der Waals surface area contributed by atoms with Crippen LogP contribution in [0.5, 0.6) is 5.75 Å². The summed E-state index contributed by atoms with van der Waals surface area (Å²) in [5, 5.41) is 0. The van der Waals surface area contributed by atoms with Gasteiger partial charge < -0.3 is 14.5 Å². The number of ether oxygens (including phenoxy) is 1. The molecule has 0 N–H and O–H groups in total. The molecule has 5 rings (SSSR count). The highest BCUT2D eigenvalue weighted by atomic mass is 16.5. The Bertz CT molecular complexity index is 1070. The average Bonchev–Trinajstić information content (AvgIpc) is 3.22. The lowest BCUT2D eigenvalue weighted by atomic mass is 10.1. The van der Waals surface area contributed by atoms with E-state index in [1.807, 2.05) is 54.6 Å². The van der Waals surface area contributed by atoms with E-state index in [1.54, 1.807) is 34.2 Å². The first-order valence-electron chi connectivity index (χ1n) is 10.0. The van der Waals surface area contributed by atoms with E-state index in [-0.39, 0.29) is 17.9 Å². The Kier molecular flexibility index (Phi) is 4.67. The monoisotopic (exact) mass is 399 g/mol. The maximum atomic E-state index is 13.7. The molecule has 2 aliphatic heterocycles. The highest BCUT2D eigenvalue weighted by Crippen LogP contribution is 2.37. The Balaban J connectivity index is 1.53. The molecular formula is C24H21N3O3. The van der Waals surface area contributed by atoms with Gasteiger partial charge in [0.25, 0.3) is 5.91 Å². The molecule has 2 aromatic carbocycles. The largest absolute Gasteiger partial charge is 0.486 e. The van der Waals surface area contributed by atoms with Crippen LogP contribution in [0, 0.1) is 0 Å². The molecule has 150 valence electrons.